The van der Waals surface area contributed by atoms with Gasteiger partial charge in [0.05, 0.1) is 34.6 Å². The minimum Gasteiger partial charge on any atom is -0.354 e. The molecule has 2 amide bonds. The van der Waals surface area contributed by atoms with Crippen molar-refractivity contribution < 1.29 is 31.5 Å². The number of anilines is 2. The lowest BCUT2D eigenvalue weighted by molar-refractivity contribution is -0.141. The molecule has 3 heterocycles. The molecule has 0 atom stereocenters. The highest BCUT2D eigenvalue weighted by molar-refractivity contribution is 6.34. The number of alkyl halides is 5. The van der Waals surface area contributed by atoms with Crippen LogP contribution >= 0.6 is 11.6 Å². The summed E-state index contributed by atoms with van der Waals surface area (Å²) in [6.45, 7) is 0.328. The highest BCUT2D eigenvalue weighted by Crippen LogP contribution is 2.37. The minimum absolute atomic E-state index is 0.0379. The van der Waals surface area contributed by atoms with Gasteiger partial charge in [0.2, 0.25) is 5.91 Å². The van der Waals surface area contributed by atoms with Gasteiger partial charge in [-0.15, -0.1) is 0 Å². The van der Waals surface area contributed by atoms with Crippen LogP contribution in [0.25, 0.3) is 16.9 Å². The number of nitrogens with two attached hydrogens (primary N) is 1. The largest absolute Gasteiger partial charge is 0.435 e. The predicted octanol–water partition coefficient (Wildman–Crippen LogP) is 2.67. The summed E-state index contributed by atoms with van der Waals surface area (Å²) >= 11 is 6.33. The van der Waals surface area contributed by atoms with E-state index in [1.807, 2.05) is 0 Å². The third-order valence-corrected chi connectivity index (χ3v) is 6.19. The molecular formula is C25H26ClF5N10O2. The summed E-state index contributed by atoms with van der Waals surface area (Å²) in [6.07, 6.45) is -3.06. The van der Waals surface area contributed by atoms with Crippen molar-refractivity contribution >= 4 is 40.6 Å². The summed E-state index contributed by atoms with van der Waals surface area (Å²) in [5.41, 5.74) is 4.24. The van der Waals surface area contributed by atoms with Crippen molar-refractivity contribution in [3.8, 4) is 11.3 Å². The molecular weight excluding hydrogens is 603 g/mol. The monoisotopic (exact) mass is 628 g/mol. The van der Waals surface area contributed by atoms with Crippen LogP contribution in [0, 0.1) is 0 Å². The minimum atomic E-state index is -4.90. The molecule has 4 aromatic rings. The Labute approximate surface area is 245 Å². The van der Waals surface area contributed by atoms with Crippen LogP contribution in [0.1, 0.15) is 16.1 Å². The van der Waals surface area contributed by atoms with Crippen LogP contribution in [-0.2, 0) is 17.5 Å². The van der Waals surface area contributed by atoms with Crippen molar-refractivity contribution in [2.45, 2.75) is 19.1 Å². The zero-order valence-electron chi connectivity index (χ0n) is 22.3. The lowest BCUT2D eigenvalue weighted by Crippen LogP contribution is -2.39. The van der Waals surface area contributed by atoms with E-state index in [2.05, 4.69) is 36.3 Å². The van der Waals surface area contributed by atoms with Crippen molar-refractivity contribution in [1.29, 1.82) is 0 Å². The number of hydrogen-bond acceptors (Lipinski definition) is 8. The number of nitrogens with zero attached hydrogens (tertiary/aromatic N) is 5. The molecule has 0 bridgehead atoms. The van der Waals surface area contributed by atoms with E-state index >= 15 is 0 Å². The van der Waals surface area contributed by atoms with Crippen LogP contribution in [0.5, 0.6) is 0 Å². The van der Waals surface area contributed by atoms with E-state index in [4.69, 9.17) is 17.3 Å². The number of amides is 2. The Balaban J connectivity index is 1.46. The number of hydrogen-bond donors (Lipinski definition) is 5. The number of nitrogens with one attached hydrogen (secondary N) is 4. The first-order valence-electron chi connectivity index (χ1n) is 12.8. The van der Waals surface area contributed by atoms with Gasteiger partial charge in [-0.25, -0.2) is 18.7 Å². The fourth-order valence-electron chi connectivity index (χ4n) is 4.01. The van der Waals surface area contributed by atoms with Crippen molar-refractivity contribution in [3.63, 3.8) is 0 Å². The second kappa shape index (κ2) is 13.7. The van der Waals surface area contributed by atoms with Crippen LogP contribution < -0.4 is 27.0 Å². The quantitative estimate of drug-likeness (QED) is 0.112. The van der Waals surface area contributed by atoms with Gasteiger partial charge in [0.1, 0.15) is 6.54 Å². The molecule has 0 fully saturated rings. The van der Waals surface area contributed by atoms with Gasteiger partial charge in [-0.05, 0) is 18.2 Å². The van der Waals surface area contributed by atoms with Crippen LogP contribution in [0.15, 0.2) is 43.0 Å². The molecule has 6 N–H and O–H groups in total. The number of carbonyl (C=O) groups excluding carboxylic acids is 2. The SMILES string of the molecule is NCCNC(=O)CNCCNC(=O)c1ccc(Nc2nccn3c(-c4cn(CC(F)F)nc4C(F)(F)F)cnc23)cc1Cl. The van der Waals surface area contributed by atoms with E-state index in [0.717, 1.165) is 12.4 Å². The summed E-state index contributed by atoms with van der Waals surface area (Å²) in [5, 5.41) is 14.6. The maximum atomic E-state index is 13.7. The molecule has 3 aromatic heterocycles. The fraction of sp³-hybridized carbons (Fsp3) is 0.320. The molecule has 1 aromatic carbocycles. The van der Waals surface area contributed by atoms with Crippen molar-refractivity contribution in [1.82, 2.24) is 40.1 Å². The summed E-state index contributed by atoms with van der Waals surface area (Å²) in [7, 11) is 0. The average molecular weight is 629 g/mol. The van der Waals surface area contributed by atoms with Gasteiger partial charge in [-0.1, -0.05) is 11.6 Å². The van der Waals surface area contributed by atoms with Gasteiger partial charge in [0, 0.05) is 50.5 Å². The van der Waals surface area contributed by atoms with E-state index in [-0.39, 0.29) is 46.7 Å². The maximum absolute atomic E-state index is 13.7. The van der Waals surface area contributed by atoms with Gasteiger partial charge in [0.25, 0.3) is 12.3 Å². The normalized spacial score (nSPS) is 11.7. The topological polar surface area (TPSA) is 156 Å². The lowest BCUT2D eigenvalue weighted by Gasteiger charge is -2.11. The first kappa shape index (κ1) is 31.6. The number of aromatic nitrogens is 5. The smallest absolute Gasteiger partial charge is 0.354 e. The van der Waals surface area contributed by atoms with Crippen LogP contribution in [0.3, 0.4) is 0 Å². The molecule has 0 aliphatic heterocycles. The zero-order chi connectivity index (χ0) is 31.1. The van der Waals surface area contributed by atoms with Gasteiger partial charge < -0.3 is 27.0 Å². The Hall–Kier alpha value is -4.35. The van der Waals surface area contributed by atoms with Crippen LogP contribution in [0.4, 0.5) is 33.5 Å². The molecule has 43 heavy (non-hydrogen) atoms. The number of rotatable bonds is 13. The van der Waals surface area contributed by atoms with E-state index in [0.29, 0.717) is 30.0 Å². The lowest BCUT2D eigenvalue weighted by atomic mass is 10.2. The third-order valence-electron chi connectivity index (χ3n) is 5.88. The molecule has 0 saturated carbocycles. The number of fused-ring (bicyclic) bond motifs is 1. The molecule has 0 radical (unpaired) electrons. The number of imidazole rings is 1. The predicted molar refractivity (Wildman–Crippen MR) is 147 cm³/mol. The molecule has 230 valence electrons. The second-order valence-corrected chi connectivity index (χ2v) is 9.41. The first-order valence-corrected chi connectivity index (χ1v) is 13.1. The molecule has 4 rings (SSSR count). The number of benzene rings is 1. The van der Waals surface area contributed by atoms with E-state index < -0.39 is 36.3 Å². The van der Waals surface area contributed by atoms with Gasteiger partial charge >= 0.3 is 6.18 Å². The van der Waals surface area contributed by atoms with Gasteiger partial charge in [-0.2, -0.15) is 18.3 Å². The van der Waals surface area contributed by atoms with Crippen molar-refractivity contribution in [2.24, 2.45) is 5.73 Å². The highest BCUT2D eigenvalue weighted by atomic mass is 35.5. The highest BCUT2D eigenvalue weighted by Gasteiger charge is 2.38. The van der Waals surface area contributed by atoms with Crippen LogP contribution in [0.2, 0.25) is 5.02 Å². The van der Waals surface area contributed by atoms with Gasteiger partial charge in [0.15, 0.2) is 17.2 Å². The van der Waals surface area contributed by atoms with Crippen molar-refractivity contribution in [2.75, 3.05) is 38.0 Å². The standard InChI is InChI=1S/C25H26ClF5N10O2/c26-17-9-14(1-2-15(17)24(43)36-6-5-33-11-20(42)34-4-3-32)38-22-23-37-10-18(41(23)8-7-35-22)16-12-40(13-19(27)28)39-21(16)25(29,30)31/h1-2,7-10,12,19,33H,3-6,11,13,32H2,(H,34,42)(H,35,38)(H,36,43). The van der Waals surface area contributed by atoms with E-state index in [9.17, 15) is 31.5 Å². The molecule has 0 spiro atoms. The Bertz CT molecular complexity index is 1590. The molecule has 0 unspecified atom stereocenters. The third kappa shape index (κ3) is 7.94. The summed E-state index contributed by atoms with van der Waals surface area (Å²) < 4.78 is 68.5. The van der Waals surface area contributed by atoms with E-state index in [1.54, 1.807) is 6.07 Å². The second-order valence-electron chi connectivity index (χ2n) is 9.01. The summed E-state index contributed by atoms with van der Waals surface area (Å²) in [4.78, 5) is 32.5. The molecule has 12 nitrogen and oxygen atoms in total. The van der Waals surface area contributed by atoms with E-state index in [1.165, 1.54) is 28.9 Å². The maximum Gasteiger partial charge on any atom is 0.435 e. The number of carbonyl (C=O) groups is 2. The molecule has 18 heteroatoms. The Morgan fingerprint density at radius 1 is 1.09 bits per heavy atom. The zero-order valence-corrected chi connectivity index (χ0v) is 23.0. The fourth-order valence-corrected chi connectivity index (χ4v) is 4.28. The molecule has 0 saturated heterocycles. The summed E-state index contributed by atoms with van der Waals surface area (Å²) in [6, 6.07) is 4.48. The Morgan fingerprint density at radius 2 is 1.88 bits per heavy atom. The van der Waals surface area contributed by atoms with Crippen molar-refractivity contribution in [3.05, 3.63) is 59.3 Å². The first-order chi connectivity index (χ1) is 20.5. The Morgan fingerprint density at radius 3 is 2.58 bits per heavy atom. The average Bonchev–Trinajstić information content (AvgIpc) is 3.56. The Kier molecular flexibility index (Phi) is 10.1. The molecule has 0 aliphatic carbocycles. The molecule has 0 aliphatic rings. The number of halogens is 6. The van der Waals surface area contributed by atoms with Gasteiger partial charge in [-0.3, -0.25) is 18.7 Å². The van der Waals surface area contributed by atoms with Crippen LogP contribution in [-0.4, -0.2) is 75.1 Å². The summed E-state index contributed by atoms with van der Waals surface area (Å²) in [5.74, 6) is -0.513.